The summed E-state index contributed by atoms with van der Waals surface area (Å²) < 4.78 is 13.0. The van der Waals surface area contributed by atoms with Gasteiger partial charge in [0.25, 0.3) is 0 Å². The fraction of sp³-hybridized carbons (Fsp3) is 0.0667. The average Bonchev–Trinajstić information content (AvgIpc) is 3.91. The van der Waals surface area contributed by atoms with Crippen LogP contribution in [0.4, 0.5) is 0 Å². The van der Waals surface area contributed by atoms with Gasteiger partial charge < -0.3 is 14.2 Å². The molecule has 13 rings (SSSR count). The zero-order valence-corrected chi connectivity index (χ0v) is 35.4. The molecule has 3 heterocycles. The number of fused-ring (bicyclic) bond motifs is 9. The van der Waals surface area contributed by atoms with Crippen LogP contribution < -0.4 is 5.32 Å². The third kappa shape index (κ3) is 6.38. The van der Waals surface area contributed by atoms with E-state index in [1.165, 1.54) is 38.9 Å². The number of aryl methyl sites for hydroxylation is 1. The third-order valence-corrected chi connectivity index (χ3v) is 13.4. The van der Waals surface area contributed by atoms with Crippen LogP contribution in [0.1, 0.15) is 51.9 Å². The van der Waals surface area contributed by atoms with Crippen LogP contribution in [-0.2, 0) is 6.42 Å². The minimum atomic E-state index is -0.492. The van der Waals surface area contributed by atoms with Crippen molar-refractivity contribution in [2.45, 2.75) is 24.9 Å². The molecule has 0 amide bonds. The van der Waals surface area contributed by atoms with Gasteiger partial charge in [0.2, 0.25) is 0 Å². The topological polar surface area (TPSA) is 63.0 Å². The van der Waals surface area contributed by atoms with E-state index < -0.39 is 6.17 Å². The number of amidine groups is 2. The number of nitrogens with zero attached hydrogens (tertiary/aromatic N) is 2. The van der Waals surface area contributed by atoms with Gasteiger partial charge in [-0.1, -0.05) is 164 Å². The summed E-state index contributed by atoms with van der Waals surface area (Å²) in [6, 6.07) is 73.4. The summed E-state index contributed by atoms with van der Waals surface area (Å²) in [5.41, 5.74) is 17.7. The van der Waals surface area contributed by atoms with Gasteiger partial charge in [0.15, 0.2) is 6.17 Å². The van der Waals surface area contributed by atoms with E-state index in [2.05, 4.69) is 169 Å². The van der Waals surface area contributed by atoms with E-state index in [0.717, 1.165) is 96.2 Å². The number of nitrogens with one attached hydrogen (secondary N) is 1. The molecule has 0 bridgehead atoms. The maximum atomic E-state index is 6.60. The van der Waals surface area contributed by atoms with Crippen molar-refractivity contribution in [3.63, 3.8) is 0 Å². The lowest BCUT2D eigenvalue weighted by molar-refractivity contribution is 0.667. The van der Waals surface area contributed by atoms with Gasteiger partial charge in [-0.3, -0.25) is 0 Å². The van der Waals surface area contributed by atoms with Crippen molar-refractivity contribution in [3.05, 3.63) is 240 Å². The van der Waals surface area contributed by atoms with Gasteiger partial charge in [0, 0.05) is 44.2 Å². The van der Waals surface area contributed by atoms with Crippen molar-refractivity contribution in [3.8, 4) is 33.4 Å². The van der Waals surface area contributed by atoms with Gasteiger partial charge in [0.1, 0.15) is 34.0 Å². The van der Waals surface area contributed by atoms with Crippen LogP contribution in [0.25, 0.3) is 77.3 Å². The summed E-state index contributed by atoms with van der Waals surface area (Å²) in [6.07, 6.45) is 1.52. The lowest BCUT2D eigenvalue weighted by Gasteiger charge is -2.22. The smallest absolute Gasteiger partial charge is 0.170 e. The summed E-state index contributed by atoms with van der Waals surface area (Å²) in [4.78, 5) is 10.5. The minimum absolute atomic E-state index is 0.257. The van der Waals surface area contributed by atoms with Gasteiger partial charge in [-0.25, -0.2) is 9.98 Å². The quantitative estimate of drug-likeness (QED) is 0.181. The Bertz CT molecular complexity index is 3640. The zero-order chi connectivity index (χ0) is 42.8. The molecular formula is C60H41N3O2. The minimum Gasteiger partial charge on any atom is -0.456 e. The second kappa shape index (κ2) is 15.2. The molecule has 5 heteroatoms. The van der Waals surface area contributed by atoms with Crippen LogP contribution >= 0.6 is 0 Å². The number of hydrogen-bond acceptors (Lipinski definition) is 5. The SMILES string of the molecule is c1ccc(C2=NC(c3cccc4oc5ccc(-c6ccc7c(c6)-c6cc(-c8cccc9oc%10ccccc%10c89)ccc6CCC7c6ccccc6)cc5c34)N=C(c3ccccc3)N2)cc1. The second-order valence-corrected chi connectivity index (χ2v) is 17.2. The van der Waals surface area contributed by atoms with Crippen LogP contribution in [-0.4, -0.2) is 11.7 Å². The summed E-state index contributed by atoms with van der Waals surface area (Å²) in [5, 5.41) is 7.90. The van der Waals surface area contributed by atoms with E-state index in [1.807, 2.05) is 42.5 Å². The highest BCUT2D eigenvalue weighted by molar-refractivity contribution is 6.17. The van der Waals surface area contributed by atoms with Crippen molar-refractivity contribution in [1.29, 1.82) is 0 Å². The Morgan fingerprint density at radius 1 is 0.400 bits per heavy atom. The molecule has 1 N–H and O–H groups in total. The Labute approximate surface area is 376 Å². The standard InChI is InChI=1S/C60H41N3O2/c1-4-14-37(15-5-1)44-31-28-38-26-27-43(45-21-12-24-54-56(45)47-20-10-11-23-52(47)64-54)36-49(38)50-34-41(29-32-46(44)50)42-30-33-53-51(35-42)57-48(22-13-25-55(57)65-53)60-62-58(39-16-6-2-7-17-39)61-59(63-60)40-18-8-3-9-19-40/h1-27,29-30,32-36,44,60H,28,31H2,(H,61,62,63). The van der Waals surface area contributed by atoms with Crippen LogP contribution in [0.2, 0.25) is 0 Å². The molecule has 308 valence electrons. The molecule has 65 heavy (non-hydrogen) atoms. The summed E-state index contributed by atoms with van der Waals surface area (Å²) in [5.74, 6) is 1.83. The maximum Gasteiger partial charge on any atom is 0.170 e. The monoisotopic (exact) mass is 835 g/mol. The van der Waals surface area contributed by atoms with Crippen molar-refractivity contribution in [2.24, 2.45) is 9.98 Å². The number of rotatable bonds is 6. The Balaban J connectivity index is 0.971. The van der Waals surface area contributed by atoms with E-state index in [-0.39, 0.29) is 5.92 Å². The lowest BCUT2D eigenvalue weighted by atomic mass is 9.84. The van der Waals surface area contributed by atoms with E-state index >= 15 is 0 Å². The molecule has 5 nitrogen and oxygen atoms in total. The molecular weight excluding hydrogens is 795 g/mol. The molecule has 0 fully saturated rings. The van der Waals surface area contributed by atoms with E-state index in [9.17, 15) is 0 Å². The second-order valence-electron chi connectivity index (χ2n) is 17.2. The van der Waals surface area contributed by atoms with Gasteiger partial charge in [-0.15, -0.1) is 0 Å². The van der Waals surface area contributed by atoms with E-state index in [1.54, 1.807) is 0 Å². The number of para-hydroxylation sites is 1. The molecule has 9 aromatic carbocycles. The van der Waals surface area contributed by atoms with E-state index in [0.29, 0.717) is 0 Å². The van der Waals surface area contributed by atoms with Gasteiger partial charge in [-0.2, -0.15) is 0 Å². The van der Waals surface area contributed by atoms with Crippen molar-refractivity contribution < 1.29 is 8.83 Å². The molecule has 1 aliphatic carbocycles. The van der Waals surface area contributed by atoms with Crippen molar-refractivity contribution in [2.75, 3.05) is 0 Å². The van der Waals surface area contributed by atoms with Crippen LogP contribution in [0, 0.1) is 0 Å². The highest BCUT2D eigenvalue weighted by Crippen LogP contribution is 2.46. The Kier molecular flexibility index (Phi) is 8.73. The fourth-order valence-electron chi connectivity index (χ4n) is 10.3. The first-order chi connectivity index (χ1) is 32.2. The highest BCUT2D eigenvalue weighted by Gasteiger charge is 2.27. The summed E-state index contributed by atoms with van der Waals surface area (Å²) >= 11 is 0. The largest absolute Gasteiger partial charge is 0.456 e. The predicted octanol–water partition coefficient (Wildman–Crippen LogP) is 15.1. The molecule has 0 spiro atoms. The molecule has 2 aliphatic rings. The summed E-state index contributed by atoms with van der Waals surface area (Å²) in [6.45, 7) is 0. The Morgan fingerprint density at radius 3 is 1.77 bits per heavy atom. The predicted molar refractivity (Wildman–Crippen MR) is 266 cm³/mol. The van der Waals surface area contributed by atoms with Crippen LogP contribution in [0.5, 0.6) is 0 Å². The first-order valence-electron chi connectivity index (χ1n) is 22.4. The normalized spacial score (nSPS) is 15.0. The Hall–Kier alpha value is -8.28. The number of benzene rings is 9. The van der Waals surface area contributed by atoms with E-state index in [4.69, 9.17) is 18.8 Å². The molecule has 0 saturated carbocycles. The van der Waals surface area contributed by atoms with Gasteiger partial charge in [-0.05, 0) is 105 Å². The summed E-state index contributed by atoms with van der Waals surface area (Å²) in [7, 11) is 0. The molecule has 11 aromatic rings. The zero-order valence-electron chi connectivity index (χ0n) is 35.4. The maximum absolute atomic E-state index is 6.60. The average molecular weight is 836 g/mol. The molecule has 0 radical (unpaired) electrons. The molecule has 1 atom stereocenters. The number of aliphatic imine (C=N–C) groups is 2. The first kappa shape index (κ1) is 37.3. The van der Waals surface area contributed by atoms with Crippen LogP contribution in [0.3, 0.4) is 0 Å². The molecule has 1 aliphatic heterocycles. The van der Waals surface area contributed by atoms with Crippen LogP contribution in [0.15, 0.2) is 225 Å². The molecule has 2 aromatic heterocycles. The molecule has 0 saturated heterocycles. The van der Waals surface area contributed by atoms with Gasteiger partial charge >= 0.3 is 0 Å². The van der Waals surface area contributed by atoms with Crippen molar-refractivity contribution >= 4 is 55.5 Å². The molecule has 1 unspecified atom stereocenters. The third-order valence-electron chi connectivity index (χ3n) is 13.4. The fourth-order valence-corrected chi connectivity index (χ4v) is 10.3. The first-order valence-corrected chi connectivity index (χ1v) is 22.4. The van der Waals surface area contributed by atoms with Crippen molar-refractivity contribution in [1.82, 2.24) is 5.32 Å². The number of hydrogen-bond donors (Lipinski definition) is 1. The number of furan rings is 2. The highest BCUT2D eigenvalue weighted by atomic mass is 16.3. The van der Waals surface area contributed by atoms with Gasteiger partial charge in [0.05, 0.1) is 0 Å². The Morgan fingerprint density at radius 2 is 1.00 bits per heavy atom. The lowest BCUT2D eigenvalue weighted by Crippen LogP contribution is -2.36.